The summed E-state index contributed by atoms with van der Waals surface area (Å²) >= 11 is 0. The highest BCUT2D eigenvalue weighted by molar-refractivity contribution is 5.75. The maximum Gasteiger partial charge on any atom is 0.325 e. The minimum Gasteiger partial charge on any atom is -0.465 e. The maximum atomic E-state index is 12.4. The molecule has 6 heteroatoms. The van der Waals surface area contributed by atoms with E-state index in [1.165, 1.54) is 0 Å². The molecule has 2 rings (SSSR count). The lowest BCUT2D eigenvalue weighted by molar-refractivity contribution is -0.141. The predicted octanol–water partition coefficient (Wildman–Crippen LogP) is 1.19. The van der Waals surface area contributed by atoms with Gasteiger partial charge < -0.3 is 14.2 Å². The summed E-state index contributed by atoms with van der Waals surface area (Å²) in [6, 6.07) is 0.233. The number of rotatable bonds is 7. The molecule has 0 atom stereocenters. The monoisotopic (exact) mass is 279 g/mol. The van der Waals surface area contributed by atoms with Crippen LogP contribution < -0.4 is 10.5 Å². The number of carbonyl (C=O) groups is 1. The summed E-state index contributed by atoms with van der Waals surface area (Å²) in [4.78, 5) is 30.0. The third-order valence-electron chi connectivity index (χ3n) is 3.22. The molecule has 1 saturated carbocycles. The molecule has 1 aromatic rings. The van der Waals surface area contributed by atoms with Gasteiger partial charge in [-0.15, -0.1) is 0 Å². The Kier molecular flexibility index (Phi) is 4.76. The number of hydrogen-bond donors (Lipinski definition) is 0. The van der Waals surface area contributed by atoms with Gasteiger partial charge >= 0.3 is 5.97 Å². The second-order valence-electron chi connectivity index (χ2n) is 4.91. The number of esters is 1. The Bertz CT molecular complexity index is 523. The van der Waals surface area contributed by atoms with Gasteiger partial charge in [0.15, 0.2) is 5.82 Å². The van der Waals surface area contributed by atoms with Crippen LogP contribution in [-0.4, -0.2) is 34.7 Å². The van der Waals surface area contributed by atoms with Crippen LogP contribution in [-0.2, 0) is 16.1 Å². The number of aryl methyl sites for hydroxylation is 1. The molecule has 1 aromatic heterocycles. The lowest BCUT2D eigenvalue weighted by atomic mass is 10.4. The smallest absolute Gasteiger partial charge is 0.325 e. The topological polar surface area (TPSA) is 64.4 Å². The second kappa shape index (κ2) is 6.54. The van der Waals surface area contributed by atoms with Crippen molar-refractivity contribution in [2.75, 3.05) is 18.1 Å². The molecule has 0 N–H and O–H groups in total. The minimum atomic E-state index is -0.313. The molecule has 0 unspecified atom stereocenters. The van der Waals surface area contributed by atoms with Gasteiger partial charge in [-0.25, -0.2) is 4.98 Å². The van der Waals surface area contributed by atoms with E-state index in [-0.39, 0.29) is 24.1 Å². The first kappa shape index (κ1) is 14.6. The molecule has 1 heterocycles. The van der Waals surface area contributed by atoms with Crippen LogP contribution in [0.15, 0.2) is 17.2 Å². The fraction of sp³-hybridized carbons (Fsp3) is 0.643. The van der Waals surface area contributed by atoms with E-state index < -0.39 is 0 Å². The van der Waals surface area contributed by atoms with E-state index in [4.69, 9.17) is 4.74 Å². The van der Waals surface area contributed by atoms with Crippen LogP contribution in [0.5, 0.6) is 0 Å². The van der Waals surface area contributed by atoms with E-state index in [2.05, 4.69) is 4.98 Å². The lowest BCUT2D eigenvalue weighted by Crippen LogP contribution is -2.39. The second-order valence-corrected chi connectivity index (χ2v) is 4.91. The number of nitrogens with zero attached hydrogens (tertiary/aromatic N) is 3. The van der Waals surface area contributed by atoms with Crippen molar-refractivity contribution in [1.82, 2.24) is 9.55 Å². The van der Waals surface area contributed by atoms with Gasteiger partial charge in [0.1, 0.15) is 6.54 Å². The molecular formula is C14H21N3O3. The van der Waals surface area contributed by atoms with Crippen molar-refractivity contribution in [3.05, 3.63) is 22.7 Å². The molecule has 0 bridgehead atoms. The summed E-state index contributed by atoms with van der Waals surface area (Å²) < 4.78 is 6.61. The Balaban J connectivity index is 2.23. The van der Waals surface area contributed by atoms with Gasteiger partial charge in [-0.05, 0) is 26.2 Å². The van der Waals surface area contributed by atoms with Crippen molar-refractivity contribution in [3.8, 4) is 0 Å². The quantitative estimate of drug-likeness (QED) is 0.701. The summed E-state index contributed by atoms with van der Waals surface area (Å²) in [5.41, 5.74) is -0.134. The minimum absolute atomic E-state index is 0.0941. The van der Waals surface area contributed by atoms with Gasteiger partial charge in [-0.1, -0.05) is 6.92 Å². The largest absolute Gasteiger partial charge is 0.465 e. The number of ether oxygens (including phenoxy) is 1. The van der Waals surface area contributed by atoms with Gasteiger partial charge in [0.2, 0.25) is 0 Å². The van der Waals surface area contributed by atoms with Gasteiger partial charge in [-0.2, -0.15) is 0 Å². The van der Waals surface area contributed by atoms with Gasteiger partial charge in [0, 0.05) is 25.0 Å². The molecule has 6 nitrogen and oxygen atoms in total. The summed E-state index contributed by atoms with van der Waals surface area (Å²) in [6.07, 6.45) is 6.16. The van der Waals surface area contributed by atoms with E-state index >= 15 is 0 Å². The number of carbonyl (C=O) groups excluding carboxylic acids is 1. The molecule has 0 aromatic carbocycles. The van der Waals surface area contributed by atoms with Gasteiger partial charge in [0.25, 0.3) is 5.56 Å². The van der Waals surface area contributed by atoms with Crippen LogP contribution in [0, 0.1) is 0 Å². The average molecular weight is 279 g/mol. The Hall–Kier alpha value is -1.85. The SMILES string of the molecule is CCCn1ccnc(N(CC(=O)OCC)C2CC2)c1=O. The Morgan fingerprint density at radius 3 is 2.85 bits per heavy atom. The number of hydrogen-bond acceptors (Lipinski definition) is 5. The first-order valence-corrected chi connectivity index (χ1v) is 7.15. The zero-order valence-electron chi connectivity index (χ0n) is 12.0. The van der Waals surface area contributed by atoms with Crippen LogP contribution in [0.2, 0.25) is 0 Å². The molecule has 0 radical (unpaired) electrons. The van der Waals surface area contributed by atoms with Crippen molar-refractivity contribution in [2.24, 2.45) is 0 Å². The fourth-order valence-electron chi connectivity index (χ4n) is 2.16. The van der Waals surface area contributed by atoms with Gasteiger partial charge in [-0.3, -0.25) is 9.59 Å². The zero-order chi connectivity index (χ0) is 14.5. The third-order valence-corrected chi connectivity index (χ3v) is 3.22. The van der Waals surface area contributed by atoms with Crippen LogP contribution >= 0.6 is 0 Å². The fourth-order valence-corrected chi connectivity index (χ4v) is 2.16. The molecule has 1 aliphatic carbocycles. The van der Waals surface area contributed by atoms with Gasteiger partial charge in [0.05, 0.1) is 6.61 Å². The van der Waals surface area contributed by atoms with Crippen LogP contribution in [0.1, 0.15) is 33.1 Å². The summed E-state index contributed by atoms with van der Waals surface area (Å²) in [5, 5.41) is 0. The average Bonchev–Trinajstić information content (AvgIpc) is 3.24. The predicted molar refractivity (Wildman–Crippen MR) is 75.8 cm³/mol. The molecule has 1 fully saturated rings. The Morgan fingerprint density at radius 1 is 1.50 bits per heavy atom. The first-order chi connectivity index (χ1) is 9.67. The lowest BCUT2D eigenvalue weighted by Gasteiger charge is -2.22. The van der Waals surface area contributed by atoms with Crippen LogP contribution in [0.25, 0.3) is 0 Å². The van der Waals surface area contributed by atoms with Crippen molar-refractivity contribution >= 4 is 11.8 Å². The van der Waals surface area contributed by atoms with Crippen molar-refractivity contribution < 1.29 is 9.53 Å². The van der Waals surface area contributed by atoms with E-state index in [1.54, 1.807) is 28.8 Å². The third kappa shape index (κ3) is 3.37. The number of anilines is 1. The maximum absolute atomic E-state index is 12.4. The highest BCUT2D eigenvalue weighted by atomic mass is 16.5. The van der Waals surface area contributed by atoms with Crippen LogP contribution in [0.3, 0.4) is 0 Å². The van der Waals surface area contributed by atoms with E-state index in [9.17, 15) is 9.59 Å². The molecule has 0 amide bonds. The molecule has 1 aliphatic rings. The molecule has 20 heavy (non-hydrogen) atoms. The summed E-state index contributed by atoms with van der Waals surface area (Å²) in [6.45, 7) is 4.89. The highest BCUT2D eigenvalue weighted by Crippen LogP contribution is 2.28. The van der Waals surface area contributed by atoms with Crippen molar-refractivity contribution in [3.63, 3.8) is 0 Å². The Labute approximate surface area is 118 Å². The van der Waals surface area contributed by atoms with E-state index in [0.717, 1.165) is 19.3 Å². The standard InChI is InChI=1S/C14H21N3O3/c1-3-8-16-9-7-15-13(14(16)19)17(11-5-6-11)10-12(18)20-4-2/h7,9,11H,3-6,8,10H2,1-2H3. The molecule has 0 spiro atoms. The zero-order valence-corrected chi connectivity index (χ0v) is 12.0. The molecule has 0 saturated heterocycles. The summed E-state index contributed by atoms with van der Waals surface area (Å²) in [5.74, 6) is 0.0444. The van der Waals surface area contributed by atoms with E-state index in [1.807, 2.05) is 6.92 Å². The van der Waals surface area contributed by atoms with E-state index in [0.29, 0.717) is 19.0 Å². The normalized spacial score (nSPS) is 14.1. The highest BCUT2D eigenvalue weighted by Gasteiger charge is 2.33. The van der Waals surface area contributed by atoms with Crippen molar-refractivity contribution in [2.45, 2.75) is 45.7 Å². The first-order valence-electron chi connectivity index (χ1n) is 7.15. The Morgan fingerprint density at radius 2 is 2.25 bits per heavy atom. The number of aromatic nitrogens is 2. The molecular weight excluding hydrogens is 258 g/mol. The molecule has 0 aliphatic heterocycles. The van der Waals surface area contributed by atoms with Crippen LogP contribution in [0.4, 0.5) is 5.82 Å². The van der Waals surface area contributed by atoms with Crippen molar-refractivity contribution in [1.29, 1.82) is 0 Å². The molecule has 110 valence electrons. The summed E-state index contributed by atoms with van der Waals surface area (Å²) in [7, 11) is 0.